The maximum Gasteiger partial charge on any atom is 0.150 e. The predicted molar refractivity (Wildman–Crippen MR) is 63.9 cm³/mol. The fourth-order valence-electron chi connectivity index (χ4n) is 2.52. The summed E-state index contributed by atoms with van der Waals surface area (Å²) in [5.74, 6) is 2.67. The Labute approximate surface area is 97.2 Å². The van der Waals surface area contributed by atoms with E-state index in [0.29, 0.717) is 0 Å². The molecule has 0 saturated heterocycles. The lowest BCUT2D eigenvalue weighted by atomic mass is 9.77. The maximum absolute atomic E-state index is 6.49. The first-order chi connectivity index (χ1) is 7.55. The topological polar surface area (TPSA) is 56.7 Å². The van der Waals surface area contributed by atoms with E-state index < -0.39 is 0 Å². The highest BCUT2D eigenvalue weighted by molar-refractivity contribution is 5.08. The molecule has 1 aliphatic rings. The molecule has 1 aromatic rings. The van der Waals surface area contributed by atoms with Crippen LogP contribution >= 0.6 is 0 Å². The molecule has 0 bridgehead atoms. The summed E-state index contributed by atoms with van der Waals surface area (Å²) in [6.07, 6.45) is 5.34. The van der Waals surface area contributed by atoms with Gasteiger partial charge in [0, 0.05) is 13.5 Å². The SMILES string of the molecule is CCc1nc(C2(N)CCC(C)CC2)n(C)n1. The molecule has 0 amide bonds. The largest absolute Gasteiger partial charge is 0.319 e. The van der Waals surface area contributed by atoms with E-state index in [1.54, 1.807) is 0 Å². The van der Waals surface area contributed by atoms with Gasteiger partial charge in [0.05, 0.1) is 5.54 Å². The Hall–Kier alpha value is -0.900. The number of hydrogen-bond donors (Lipinski definition) is 1. The van der Waals surface area contributed by atoms with Crippen LogP contribution in [0.2, 0.25) is 0 Å². The van der Waals surface area contributed by atoms with Gasteiger partial charge in [-0.2, -0.15) is 5.10 Å². The molecule has 16 heavy (non-hydrogen) atoms. The quantitative estimate of drug-likeness (QED) is 0.829. The number of nitrogens with two attached hydrogens (primary N) is 1. The zero-order chi connectivity index (χ0) is 11.8. The Morgan fingerprint density at radius 2 is 2.06 bits per heavy atom. The molecule has 1 aromatic heterocycles. The molecule has 1 fully saturated rings. The van der Waals surface area contributed by atoms with Crippen molar-refractivity contribution >= 4 is 0 Å². The summed E-state index contributed by atoms with van der Waals surface area (Å²) in [7, 11) is 1.95. The van der Waals surface area contributed by atoms with Crippen molar-refractivity contribution < 1.29 is 0 Å². The van der Waals surface area contributed by atoms with E-state index in [2.05, 4.69) is 23.9 Å². The average molecular weight is 222 g/mol. The van der Waals surface area contributed by atoms with E-state index in [0.717, 1.165) is 36.8 Å². The summed E-state index contributed by atoms with van der Waals surface area (Å²) in [6.45, 7) is 4.37. The highest BCUT2D eigenvalue weighted by atomic mass is 15.3. The normalized spacial score (nSPS) is 30.6. The van der Waals surface area contributed by atoms with Crippen LogP contribution < -0.4 is 5.73 Å². The highest BCUT2D eigenvalue weighted by Gasteiger charge is 2.35. The molecule has 0 aliphatic heterocycles. The van der Waals surface area contributed by atoms with Crippen LogP contribution in [0.4, 0.5) is 0 Å². The fraction of sp³-hybridized carbons (Fsp3) is 0.833. The Kier molecular flexibility index (Phi) is 3.02. The van der Waals surface area contributed by atoms with Crippen LogP contribution in [0.1, 0.15) is 51.2 Å². The lowest BCUT2D eigenvalue weighted by Gasteiger charge is -2.34. The molecule has 1 heterocycles. The third kappa shape index (κ3) is 1.98. The van der Waals surface area contributed by atoms with Gasteiger partial charge in [0.25, 0.3) is 0 Å². The molecule has 4 nitrogen and oxygen atoms in total. The lowest BCUT2D eigenvalue weighted by molar-refractivity contribution is 0.231. The third-order valence-electron chi connectivity index (χ3n) is 3.73. The first kappa shape index (κ1) is 11.6. The van der Waals surface area contributed by atoms with Gasteiger partial charge in [-0.1, -0.05) is 13.8 Å². The van der Waals surface area contributed by atoms with Crippen LogP contribution in [0.15, 0.2) is 0 Å². The van der Waals surface area contributed by atoms with E-state index in [1.165, 1.54) is 12.8 Å². The zero-order valence-electron chi connectivity index (χ0n) is 10.5. The predicted octanol–water partition coefficient (Wildman–Crippen LogP) is 1.74. The molecule has 0 atom stereocenters. The van der Waals surface area contributed by atoms with Gasteiger partial charge in [-0.25, -0.2) is 4.98 Å². The number of rotatable bonds is 2. The van der Waals surface area contributed by atoms with Crippen molar-refractivity contribution in [2.24, 2.45) is 18.7 Å². The summed E-state index contributed by atoms with van der Waals surface area (Å²) in [6, 6.07) is 0. The van der Waals surface area contributed by atoms with Crippen molar-refractivity contribution in [2.45, 2.75) is 51.5 Å². The molecule has 90 valence electrons. The molecular weight excluding hydrogens is 200 g/mol. The number of nitrogens with zero attached hydrogens (tertiary/aromatic N) is 3. The van der Waals surface area contributed by atoms with Crippen LogP contribution in [0, 0.1) is 5.92 Å². The second kappa shape index (κ2) is 4.17. The molecule has 0 unspecified atom stereocenters. The lowest BCUT2D eigenvalue weighted by Crippen LogP contribution is -2.42. The van der Waals surface area contributed by atoms with Gasteiger partial charge in [0.1, 0.15) is 5.82 Å². The zero-order valence-corrected chi connectivity index (χ0v) is 10.5. The summed E-state index contributed by atoms with van der Waals surface area (Å²) >= 11 is 0. The highest BCUT2D eigenvalue weighted by Crippen LogP contribution is 2.36. The van der Waals surface area contributed by atoms with E-state index in [1.807, 2.05) is 11.7 Å². The van der Waals surface area contributed by atoms with Crippen LogP contribution in [0.5, 0.6) is 0 Å². The molecule has 1 aliphatic carbocycles. The number of aromatic nitrogens is 3. The summed E-state index contributed by atoms with van der Waals surface area (Å²) in [5, 5.41) is 4.39. The molecule has 4 heteroatoms. The van der Waals surface area contributed by atoms with Crippen LogP contribution in [-0.4, -0.2) is 14.8 Å². The second-order valence-corrected chi connectivity index (χ2v) is 5.17. The minimum absolute atomic E-state index is 0.248. The molecule has 0 radical (unpaired) electrons. The van der Waals surface area contributed by atoms with Crippen LogP contribution in [0.25, 0.3) is 0 Å². The Balaban J connectivity index is 2.25. The van der Waals surface area contributed by atoms with E-state index >= 15 is 0 Å². The first-order valence-corrected chi connectivity index (χ1v) is 6.24. The van der Waals surface area contributed by atoms with E-state index in [4.69, 9.17) is 5.73 Å². The monoisotopic (exact) mass is 222 g/mol. The number of hydrogen-bond acceptors (Lipinski definition) is 3. The molecule has 0 aromatic carbocycles. The minimum atomic E-state index is -0.248. The van der Waals surface area contributed by atoms with Crippen molar-refractivity contribution in [3.8, 4) is 0 Å². The van der Waals surface area contributed by atoms with Gasteiger partial charge in [-0.05, 0) is 31.6 Å². The minimum Gasteiger partial charge on any atom is -0.319 e. The third-order valence-corrected chi connectivity index (χ3v) is 3.73. The Bertz CT molecular complexity index is 361. The van der Waals surface area contributed by atoms with Crippen molar-refractivity contribution in [2.75, 3.05) is 0 Å². The Morgan fingerprint density at radius 3 is 2.56 bits per heavy atom. The smallest absolute Gasteiger partial charge is 0.150 e. The van der Waals surface area contributed by atoms with Crippen molar-refractivity contribution in [1.82, 2.24) is 14.8 Å². The van der Waals surface area contributed by atoms with Crippen molar-refractivity contribution in [3.05, 3.63) is 11.6 Å². The average Bonchev–Trinajstić information content (AvgIpc) is 2.65. The van der Waals surface area contributed by atoms with Gasteiger partial charge in [0.2, 0.25) is 0 Å². The molecular formula is C12H22N4. The van der Waals surface area contributed by atoms with Gasteiger partial charge >= 0.3 is 0 Å². The van der Waals surface area contributed by atoms with E-state index in [9.17, 15) is 0 Å². The van der Waals surface area contributed by atoms with Crippen molar-refractivity contribution in [1.29, 1.82) is 0 Å². The maximum atomic E-state index is 6.49. The molecule has 2 N–H and O–H groups in total. The summed E-state index contributed by atoms with van der Waals surface area (Å²) in [4.78, 5) is 4.58. The molecule has 1 saturated carbocycles. The first-order valence-electron chi connectivity index (χ1n) is 6.24. The van der Waals surface area contributed by atoms with Gasteiger partial charge < -0.3 is 5.73 Å². The Morgan fingerprint density at radius 1 is 1.44 bits per heavy atom. The summed E-state index contributed by atoms with van der Waals surface area (Å²) < 4.78 is 1.87. The number of aryl methyl sites for hydroxylation is 2. The van der Waals surface area contributed by atoms with Gasteiger partial charge in [-0.15, -0.1) is 0 Å². The second-order valence-electron chi connectivity index (χ2n) is 5.17. The standard InChI is InChI=1S/C12H22N4/c1-4-10-14-11(16(3)15-10)12(13)7-5-9(2)6-8-12/h9H,4-8,13H2,1-3H3. The van der Waals surface area contributed by atoms with E-state index in [-0.39, 0.29) is 5.54 Å². The van der Waals surface area contributed by atoms with Gasteiger partial charge in [0.15, 0.2) is 5.82 Å². The van der Waals surface area contributed by atoms with Crippen LogP contribution in [-0.2, 0) is 19.0 Å². The van der Waals surface area contributed by atoms with Gasteiger partial charge in [-0.3, -0.25) is 4.68 Å². The van der Waals surface area contributed by atoms with Crippen LogP contribution in [0.3, 0.4) is 0 Å². The molecule has 2 rings (SSSR count). The summed E-state index contributed by atoms with van der Waals surface area (Å²) in [5.41, 5.74) is 6.24. The fourth-order valence-corrected chi connectivity index (χ4v) is 2.52. The van der Waals surface area contributed by atoms with Crippen molar-refractivity contribution in [3.63, 3.8) is 0 Å². The molecule has 0 spiro atoms.